The molecule has 0 aliphatic rings. The summed E-state index contributed by atoms with van der Waals surface area (Å²) in [4.78, 5) is 16.8. The van der Waals surface area contributed by atoms with Gasteiger partial charge in [0.2, 0.25) is 0 Å². The van der Waals surface area contributed by atoms with Gasteiger partial charge in [0.15, 0.2) is 5.13 Å². The first-order valence-electron chi connectivity index (χ1n) is 8.92. The molecule has 0 saturated carbocycles. The Labute approximate surface area is 172 Å². The van der Waals surface area contributed by atoms with E-state index in [9.17, 15) is 4.79 Å². The average molecular weight is 408 g/mol. The fourth-order valence-corrected chi connectivity index (χ4v) is 3.78. The first-order chi connectivity index (χ1) is 13.7. The first kappa shape index (κ1) is 18.5. The summed E-state index contributed by atoms with van der Waals surface area (Å²) in [6, 6.07) is 21.9. The molecular formula is C22H18ClN3OS. The molecule has 6 heteroatoms. The van der Waals surface area contributed by atoms with Crippen LogP contribution in [0.4, 0.5) is 10.8 Å². The molecule has 0 aliphatic carbocycles. The van der Waals surface area contributed by atoms with E-state index in [1.54, 1.807) is 5.38 Å². The van der Waals surface area contributed by atoms with Gasteiger partial charge in [-0.15, -0.1) is 11.3 Å². The van der Waals surface area contributed by atoms with Crippen molar-refractivity contribution in [3.63, 3.8) is 0 Å². The largest absolute Gasteiger partial charge is 0.350 e. The van der Waals surface area contributed by atoms with Crippen molar-refractivity contribution in [3.05, 3.63) is 88.4 Å². The number of hydrogen-bond acceptors (Lipinski definition) is 4. The molecule has 28 heavy (non-hydrogen) atoms. The Hall–Kier alpha value is -2.89. The molecule has 0 bridgehead atoms. The Balaban J connectivity index is 1.38. The zero-order valence-corrected chi connectivity index (χ0v) is 16.6. The average Bonchev–Trinajstić information content (AvgIpc) is 3.18. The third-order valence-electron chi connectivity index (χ3n) is 4.38. The number of hydrogen-bond donors (Lipinski definition) is 2. The van der Waals surface area contributed by atoms with Gasteiger partial charge in [-0.3, -0.25) is 4.79 Å². The SMILES string of the molecule is O=C(NCCc1ccc(Cl)cc1)c1csc(Nc2cccc3ccccc23)n1. The second-order valence-electron chi connectivity index (χ2n) is 6.32. The maximum absolute atomic E-state index is 12.4. The summed E-state index contributed by atoms with van der Waals surface area (Å²) >= 11 is 7.30. The van der Waals surface area contributed by atoms with E-state index < -0.39 is 0 Å². The van der Waals surface area contributed by atoms with Crippen LogP contribution in [0.2, 0.25) is 5.02 Å². The lowest BCUT2D eigenvalue weighted by atomic mass is 10.1. The minimum absolute atomic E-state index is 0.170. The third kappa shape index (κ3) is 4.32. The van der Waals surface area contributed by atoms with Crippen molar-refractivity contribution in [1.29, 1.82) is 0 Å². The van der Waals surface area contributed by atoms with E-state index in [1.165, 1.54) is 11.3 Å². The van der Waals surface area contributed by atoms with E-state index in [1.807, 2.05) is 48.5 Å². The molecule has 4 rings (SSSR count). The maximum atomic E-state index is 12.4. The maximum Gasteiger partial charge on any atom is 0.270 e. The number of fused-ring (bicyclic) bond motifs is 1. The van der Waals surface area contributed by atoms with Crippen LogP contribution in [0.3, 0.4) is 0 Å². The molecule has 0 radical (unpaired) electrons. The molecule has 1 aromatic heterocycles. The highest BCUT2D eigenvalue weighted by Crippen LogP contribution is 2.27. The topological polar surface area (TPSA) is 54.0 Å². The number of aromatic nitrogens is 1. The number of halogens is 1. The molecule has 0 aliphatic heterocycles. The normalized spacial score (nSPS) is 10.8. The standard InChI is InChI=1S/C22H18ClN3OS/c23-17-10-8-15(9-11-17)12-13-24-21(27)20-14-28-22(26-20)25-19-7-3-5-16-4-1-2-6-18(16)19/h1-11,14H,12-13H2,(H,24,27)(H,25,26). The smallest absolute Gasteiger partial charge is 0.270 e. The van der Waals surface area contributed by atoms with Crippen molar-refractivity contribution in [1.82, 2.24) is 10.3 Å². The second-order valence-corrected chi connectivity index (χ2v) is 7.62. The number of rotatable bonds is 6. The van der Waals surface area contributed by atoms with Gasteiger partial charge < -0.3 is 10.6 Å². The highest BCUT2D eigenvalue weighted by Gasteiger charge is 2.11. The Bertz CT molecular complexity index is 1100. The fraction of sp³-hybridized carbons (Fsp3) is 0.0909. The predicted molar refractivity (Wildman–Crippen MR) is 117 cm³/mol. The lowest BCUT2D eigenvalue weighted by molar-refractivity contribution is 0.0950. The molecule has 1 heterocycles. The van der Waals surface area contributed by atoms with Crippen LogP contribution >= 0.6 is 22.9 Å². The molecule has 0 unspecified atom stereocenters. The van der Waals surface area contributed by atoms with Crippen LogP contribution in [0.5, 0.6) is 0 Å². The summed E-state index contributed by atoms with van der Waals surface area (Å²) in [7, 11) is 0. The van der Waals surface area contributed by atoms with E-state index in [4.69, 9.17) is 11.6 Å². The number of nitrogens with zero attached hydrogens (tertiary/aromatic N) is 1. The summed E-state index contributed by atoms with van der Waals surface area (Å²) in [5.74, 6) is -0.170. The Kier molecular flexibility index (Phi) is 5.55. The van der Waals surface area contributed by atoms with Crippen LogP contribution < -0.4 is 10.6 Å². The Morgan fingerprint density at radius 3 is 2.64 bits per heavy atom. The lowest BCUT2D eigenvalue weighted by Gasteiger charge is -2.07. The molecule has 0 saturated heterocycles. The summed E-state index contributed by atoms with van der Waals surface area (Å²) in [5, 5.41) is 11.7. The molecular weight excluding hydrogens is 390 g/mol. The van der Waals surface area contributed by atoms with Crippen LogP contribution in [0.1, 0.15) is 16.1 Å². The number of carbonyl (C=O) groups excluding carboxylic acids is 1. The summed E-state index contributed by atoms with van der Waals surface area (Å²) < 4.78 is 0. The molecule has 0 fully saturated rings. The van der Waals surface area contributed by atoms with E-state index in [0.29, 0.717) is 22.4 Å². The quantitative estimate of drug-likeness (QED) is 0.433. The summed E-state index contributed by atoms with van der Waals surface area (Å²) in [5.41, 5.74) is 2.52. The van der Waals surface area contributed by atoms with Gasteiger partial charge in [-0.25, -0.2) is 4.98 Å². The zero-order valence-electron chi connectivity index (χ0n) is 15.0. The first-order valence-corrected chi connectivity index (χ1v) is 10.2. The van der Waals surface area contributed by atoms with Crippen LogP contribution in [0.15, 0.2) is 72.1 Å². The predicted octanol–water partition coefficient (Wildman–Crippen LogP) is 5.67. The lowest BCUT2D eigenvalue weighted by Crippen LogP contribution is -2.25. The molecule has 2 N–H and O–H groups in total. The minimum atomic E-state index is -0.170. The van der Waals surface area contributed by atoms with Gasteiger partial charge in [0.05, 0.1) is 0 Å². The number of amides is 1. The number of carbonyl (C=O) groups is 1. The van der Waals surface area contributed by atoms with Crippen molar-refractivity contribution >= 4 is 50.4 Å². The summed E-state index contributed by atoms with van der Waals surface area (Å²) in [6.45, 7) is 0.546. The van der Waals surface area contributed by atoms with Crippen molar-refractivity contribution in [2.45, 2.75) is 6.42 Å². The highest BCUT2D eigenvalue weighted by atomic mass is 35.5. The number of benzene rings is 3. The van der Waals surface area contributed by atoms with Crippen molar-refractivity contribution in [2.24, 2.45) is 0 Å². The Morgan fingerprint density at radius 1 is 1.00 bits per heavy atom. The summed E-state index contributed by atoms with van der Waals surface area (Å²) in [6.07, 6.45) is 0.744. The van der Waals surface area contributed by atoms with Gasteiger partial charge >= 0.3 is 0 Å². The number of anilines is 2. The highest BCUT2D eigenvalue weighted by molar-refractivity contribution is 7.14. The van der Waals surface area contributed by atoms with Gasteiger partial charge in [-0.2, -0.15) is 0 Å². The van der Waals surface area contributed by atoms with Crippen molar-refractivity contribution < 1.29 is 4.79 Å². The van der Waals surface area contributed by atoms with Gasteiger partial charge in [0, 0.05) is 28.0 Å². The number of thiazole rings is 1. The van der Waals surface area contributed by atoms with Gasteiger partial charge in [0.1, 0.15) is 5.69 Å². The van der Waals surface area contributed by atoms with Crippen LogP contribution in [0.25, 0.3) is 10.8 Å². The molecule has 4 nitrogen and oxygen atoms in total. The fourth-order valence-electron chi connectivity index (χ4n) is 2.95. The van der Waals surface area contributed by atoms with E-state index >= 15 is 0 Å². The molecule has 0 atom stereocenters. The third-order valence-corrected chi connectivity index (χ3v) is 5.39. The monoisotopic (exact) mass is 407 g/mol. The minimum Gasteiger partial charge on any atom is -0.350 e. The second kappa shape index (κ2) is 8.42. The van der Waals surface area contributed by atoms with Crippen LogP contribution in [-0.2, 0) is 6.42 Å². The molecule has 3 aromatic carbocycles. The van der Waals surface area contributed by atoms with Crippen LogP contribution in [-0.4, -0.2) is 17.4 Å². The Morgan fingerprint density at radius 2 is 1.79 bits per heavy atom. The van der Waals surface area contributed by atoms with Crippen LogP contribution in [0, 0.1) is 0 Å². The van der Waals surface area contributed by atoms with Gasteiger partial charge in [-0.1, -0.05) is 60.1 Å². The molecule has 1 amide bonds. The van der Waals surface area contributed by atoms with E-state index in [2.05, 4.69) is 33.8 Å². The van der Waals surface area contributed by atoms with E-state index in [0.717, 1.165) is 28.4 Å². The molecule has 0 spiro atoms. The van der Waals surface area contributed by atoms with Gasteiger partial charge in [-0.05, 0) is 35.6 Å². The number of nitrogens with one attached hydrogen (secondary N) is 2. The van der Waals surface area contributed by atoms with Gasteiger partial charge in [0.25, 0.3) is 5.91 Å². The molecule has 4 aromatic rings. The van der Waals surface area contributed by atoms with E-state index in [-0.39, 0.29) is 5.91 Å². The molecule has 140 valence electrons. The zero-order chi connectivity index (χ0) is 19.3. The van der Waals surface area contributed by atoms with Crippen molar-refractivity contribution in [3.8, 4) is 0 Å². The van der Waals surface area contributed by atoms with Crippen molar-refractivity contribution in [2.75, 3.05) is 11.9 Å².